The number of nitrogens with zero attached hydrogens (tertiary/aromatic N) is 4. The minimum atomic E-state index is 0. The van der Waals surface area contributed by atoms with Crippen molar-refractivity contribution in [3.8, 4) is 10.7 Å². The van der Waals surface area contributed by atoms with Crippen molar-refractivity contribution in [2.75, 3.05) is 36.5 Å². The summed E-state index contributed by atoms with van der Waals surface area (Å²) in [7, 11) is 0. The summed E-state index contributed by atoms with van der Waals surface area (Å²) in [6, 6.07) is 4.06. The molecule has 0 aromatic carbocycles. The van der Waals surface area contributed by atoms with Gasteiger partial charge in [-0.1, -0.05) is 0 Å². The number of hydrogen-bond donors (Lipinski definition) is 1. The van der Waals surface area contributed by atoms with Crippen molar-refractivity contribution in [1.82, 2.24) is 15.0 Å². The molecule has 1 aliphatic heterocycles. The number of pyridine rings is 1. The van der Waals surface area contributed by atoms with Crippen molar-refractivity contribution < 1.29 is 4.74 Å². The number of morpholine rings is 1. The van der Waals surface area contributed by atoms with Crippen molar-refractivity contribution in [2.45, 2.75) is 0 Å². The molecule has 1 N–H and O–H groups in total. The van der Waals surface area contributed by atoms with Gasteiger partial charge in [0, 0.05) is 30.0 Å². The van der Waals surface area contributed by atoms with Gasteiger partial charge < -0.3 is 15.0 Å². The van der Waals surface area contributed by atoms with Crippen LogP contribution in [-0.4, -0.2) is 41.3 Å². The molecule has 0 spiro atoms. The van der Waals surface area contributed by atoms with Crippen molar-refractivity contribution in [3.05, 3.63) is 35.3 Å². The van der Waals surface area contributed by atoms with E-state index < -0.39 is 0 Å². The van der Waals surface area contributed by atoms with Gasteiger partial charge in [0.2, 0.25) is 0 Å². The molecule has 0 bridgehead atoms. The number of hydrogen-bond acceptors (Lipinski definition) is 8. The molecule has 0 radical (unpaired) electrons. The summed E-state index contributed by atoms with van der Waals surface area (Å²) in [6.07, 6.45) is 3.68. The lowest BCUT2D eigenvalue weighted by Crippen LogP contribution is -2.36. The fraction of sp³-hybridized carbons (Fsp3) is 0.267. The zero-order valence-electron chi connectivity index (χ0n) is 12.7. The Hall–Kier alpha value is -1.74. The Bertz CT molecular complexity index is 757. The number of halogens is 1. The van der Waals surface area contributed by atoms with Gasteiger partial charge in [0.25, 0.3) is 0 Å². The lowest BCUT2D eigenvalue weighted by Gasteiger charge is -2.28. The third-order valence-corrected chi connectivity index (χ3v) is 5.07. The third kappa shape index (κ3) is 3.84. The molecule has 1 aliphatic rings. The van der Waals surface area contributed by atoms with Crippen LogP contribution in [0.25, 0.3) is 10.7 Å². The highest BCUT2D eigenvalue weighted by atomic mass is 35.5. The summed E-state index contributed by atoms with van der Waals surface area (Å²) in [5, 5.41) is 8.96. The summed E-state index contributed by atoms with van der Waals surface area (Å²) in [4.78, 5) is 15.6. The third-order valence-electron chi connectivity index (χ3n) is 3.51. The smallest absolute Gasteiger partial charge is 0.188 e. The van der Waals surface area contributed by atoms with Crippen LogP contribution in [0.4, 0.5) is 16.6 Å². The molecule has 6 nitrogen and oxygen atoms in total. The normalized spacial score (nSPS) is 14.2. The molecule has 3 aromatic rings. The average Bonchev–Trinajstić information content (AvgIpc) is 3.28. The molecule has 3 aromatic heterocycles. The van der Waals surface area contributed by atoms with Crippen molar-refractivity contribution in [1.29, 1.82) is 0 Å². The maximum atomic E-state index is 5.37. The minimum Gasteiger partial charge on any atom is -0.378 e. The number of rotatable bonds is 4. The van der Waals surface area contributed by atoms with Gasteiger partial charge in [0.1, 0.15) is 16.5 Å². The van der Waals surface area contributed by atoms with Gasteiger partial charge in [-0.25, -0.2) is 15.0 Å². The predicted octanol–water partition coefficient (Wildman–Crippen LogP) is 3.66. The van der Waals surface area contributed by atoms with Crippen LogP contribution < -0.4 is 10.2 Å². The van der Waals surface area contributed by atoms with E-state index in [1.54, 1.807) is 28.9 Å². The first-order valence-electron chi connectivity index (χ1n) is 7.30. The lowest BCUT2D eigenvalue weighted by molar-refractivity contribution is 0.122. The van der Waals surface area contributed by atoms with Gasteiger partial charge in [-0.05, 0) is 12.1 Å². The minimum absolute atomic E-state index is 0. The molecule has 0 unspecified atom stereocenters. The van der Waals surface area contributed by atoms with Crippen LogP contribution in [0.15, 0.2) is 35.3 Å². The summed E-state index contributed by atoms with van der Waals surface area (Å²) in [5.74, 6) is 0.794. The van der Waals surface area contributed by atoms with Crippen LogP contribution in [-0.2, 0) is 4.74 Å². The van der Waals surface area contributed by atoms with Gasteiger partial charge in [-0.3, -0.25) is 0 Å². The fourth-order valence-corrected chi connectivity index (χ4v) is 3.73. The average molecular weight is 382 g/mol. The van der Waals surface area contributed by atoms with Gasteiger partial charge >= 0.3 is 0 Å². The first-order chi connectivity index (χ1) is 11.4. The summed E-state index contributed by atoms with van der Waals surface area (Å²) in [6.45, 7) is 3.38. The van der Waals surface area contributed by atoms with Crippen molar-refractivity contribution in [2.24, 2.45) is 0 Å². The van der Waals surface area contributed by atoms with E-state index in [0.717, 1.165) is 53.6 Å². The second-order valence-electron chi connectivity index (χ2n) is 5.00. The zero-order valence-corrected chi connectivity index (χ0v) is 15.2. The van der Waals surface area contributed by atoms with Crippen molar-refractivity contribution >= 4 is 51.7 Å². The molecule has 0 amide bonds. The SMILES string of the molecule is Cl.c1csc(-c2csc(Nc3ccc(N4CCOCC4)cn3)n2)n1. The van der Waals surface area contributed by atoms with E-state index in [1.807, 2.05) is 23.0 Å². The number of aromatic nitrogens is 3. The first kappa shape index (κ1) is 17.1. The van der Waals surface area contributed by atoms with Crippen LogP contribution in [0.3, 0.4) is 0 Å². The number of ether oxygens (including phenoxy) is 1. The van der Waals surface area contributed by atoms with Gasteiger partial charge in [0.15, 0.2) is 5.13 Å². The standard InChI is InChI=1S/C15H15N5OS2.ClH/c1-2-13(17-9-11(1)20-4-6-21-7-5-20)19-15-18-12(10-23-15)14-16-3-8-22-14;/h1-3,8-10H,4-7H2,(H,17,18,19);1H. The molecule has 1 saturated heterocycles. The second-order valence-corrected chi connectivity index (χ2v) is 6.75. The van der Waals surface area contributed by atoms with E-state index in [-0.39, 0.29) is 12.4 Å². The van der Waals surface area contributed by atoms with Crippen LogP contribution in [0.1, 0.15) is 0 Å². The molecule has 4 rings (SSSR count). The molecule has 9 heteroatoms. The maximum Gasteiger partial charge on any atom is 0.188 e. The number of thiazole rings is 2. The Kier molecular flexibility index (Phi) is 5.62. The van der Waals surface area contributed by atoms with Gasteiger partial charge in [0.05, 0.1) is 25.1 Å². The predicted molar refractivity (Wildman–Crippen MR) is 101 cm³/mol. The van der Waals surface area contributed by atoms with Crippen LogP contribution in [0, 0.1) is 0 Å². The molecule has 24 heavy (non-hydrogen) atoms. The highest BCUT2D eigenvalue weighted by Crippen LogP contribution is 2.28. The van der Waals surface area contributed by atoms with Crippen LogP contribution in [0.5, 0.6) is 0 Å². The highest BCUT2D eigenvalue weighted by molar-refractivity contribution is 7.15. The van der Waals surface area contributed by atoms with Gasteiger partial charge in [-0.15, -0.1) is 35.1 Å². The highest BCUT2D eigenvalue weighted by Gasteiger charge is 2.12. The molecule has 126 valence electrons. The summed E-state index contributed by atoms with van der Waals surface area (Å²) in [5.41, 5.74) is 2.03. The Morgan fingerprint density at radius 3 is 2.71 bits per heavy atom. The van der Waals surface area contributed by atoms with E-state index in [1.165, 1.54) is 0 Å². The van der Waals surface area contributed by atoms with E-state index in [2.05, 4.69) is 31.2 Å². The zero-order chi connectivity index (χ0) is 15.5. The summed E-state index contributed by atoms with van der Waals surface area (Å²) >= 11 is 3.14. The van der Waals surface area contributed by atoms with Crippen LogP contribution >= 0.6 is 35.1 Å². The number of anilines is 3. The van der Waals surface area contributed by atoms with Crippen LogP contribution in [0.2, 0.25) is 0 Å². The topological polar surface area (TPSA) is 63.2 Å². The monoisotopic (exact) mass is 381 g/mol. The van der Waals surface area contributed by atoms with Gasteiger partial charge in [-0.2, -0.15) is 0 Å². The molecular formula is C15H16ClN5OS2. The maximum absolute atomic E-state index is 5.37. The molecule has 0 aliphatic carbocycles. The quantitative estimate of drug-likeness (QED) is 0.744. The second kappa shape index (κ2) is 7.89. The first-order valence-corrected chi connectivity index (χ1v) is 9.05. The molecule has 4 heterocycles. The lowest BCUT2D eigenvalue weighted by atomic mass is 10.3. The Morgan fingerprint density at radius 1 is 1.12 bits per heavy atom. The molecule has 0 saturated carbocycles. The van der Waals surface area contributed by atoms with E-state index in [0.29, 0.717) is 0 Å². The molecule has 0 atom stereocenters. The molecular weight excluding hydrogens is 366 g/mol. The van der Waals surface area contributed by atoms with E-state index >= 15 is 0 Å². The molecule has 1 fully saturated rings. The largest absolute Gasteiger partial charge is 0.378 e. The number of nitrogens with one attached hydrogen (secondary N) is 1. The Labute approximate surface area is 154 Å². The fourth-order valence-electron chi connectivity index (χ4n) is 2.36. The van der Waals surface area contributed by atoms with E-state index in [9.17, 15) is 0 Å². The Balaban J connectivity index is 0.00000169. The van der Waals surface area contributed by atoms with E-state index in [4.69, 9.17) is 4.74 Å². The summed E-state index contributed by atoms with van der Waals surface area (Å²) < 4.78 is 5.37. The Morgan fingerprint density at radius 2 is 2.00 bits per heavy atom. The van der Waals surface area contributed by atoms with Crippen molar-refractivity contribution in [3.63, 3.8) is 0 Å².